The number of aliphatic hydroxyl groups is 1. The Morgan fingerprint density at radius 2 is 2.00 bits per heavy atom. The van der Waals surface area contributed by atoms with E-state index in [0.717, 1.165) is 43.2 Å². The van der Waals surface area contributed by atoms with Crippen molar-refractivity contribution in [2.24, 2.45) is 0 Å². The van der Waals surface area contributed by atoms with Crippen LogP contribution in [0.25, 0.3) is 6.08 Å². The average Bonchev–Trinajstić information content (AvgIpc) is 3.06. The largest absolute Gasteiger partial charge is 0.463 e. The number of amides is 1. The number of carbonyl (C=O) groups excluding carboxylic acids is 2. The summed E-state index contributed by atoms with van der Waals surface area (Å²) in [7, 11) is 0. The fraction of sp³-hybridized carbons (Fsp3) is 0.565. The number of esters is 1. The van der Waals surface area contributed by atoms with Crippen molar-refractivity contribution in [3.8, 4) is 0 Å². The Morgan fingerprint density at radius 3 is 2.69 bits per heavy atom. The molecule has 5 nitrogen and oxygen atoms in total. The van der Waals surface area contributed by atoms with Gasteiger partial charge >= 0.3 is 5.97 Å². The maximum absolute atomic E-state index is 12.4. The van der Waals surface area contributed by atoms with Crippen molar-refractivity contribution in [1.82, 2.24) is 4.90 Å². The summed E-state index contributed by atoms with van der Waals surface area (Å²) in [6.45, 7) is 2.78. The summed E-state index contributed by atoms with van der Waals surface area (Å²) >= 11 is 1.68. The zero-order chi connectivity index (χ0) is 20.7. The van der Waals surface area contributed by atoms with E-state index in [9.17, 15) is 14.7 Å². The van der Waals surface area contributed by atoms with E-state index in [2.05, 4.69) is 0 Å². The smallest absolute Gasteiger partial charge is 0.330 e. The zero-order valence-corrected chi connectivity index (χ0v) is 18.0. The molecule has 2 fully saturated rings. The monoisotopic (exact) mass is 417 g/mol. The number of thioether (sulfide) groups is 1. The van der Waals surface area contributed by atoms with Crippen molar-refractivity contribution in [3.05, 3.63) is 41.5 Å². The third kappa shape index (κ3) is 6.34. The van der Waals surface area contributed by atoms with Gasteiger partial charge in [-0.1, -0.05) is 43.5 Å². The highest BCUT2D eigenvalue weighted by Gasteiger charge is 2.35. The van der Waals surface area contributed by atoms with Gasteiger partial charge in [0.25, 0.3) is 0 Å². The van der Waals surface area contributed by atoms with Crippen LogP contribution >= 0.6 is 11.8 Å². The third-order valence-electron chi connectivity index (χ3n) is 5.76. The molecular weight excluding hydrogens is 386 g/mol. The Kier molecular flexibility index (Phi) is 7.78. The topological polar surface area (TPSA) is 66.8 Å². The van der Waals surface area contributed by atoms with Gasteiger partial charge in [0.05, 0.1) is 23.3 Å². The number of nitrogens with zero attached hydrogens (tertiary/aromatic N) is 1. The molecule has 1 atom stereocenters. The normalized spacial score (nSPS) is 21.7. The molecule has 1 amide bonds. The Hall–Kier alpha value is -1.79. The summed E-state index contributed by atoms with van der Waals surface area (Å²) in [5, 5.41) is 10.9. The van der Waals surface area contributed by atoms with Gasteiger partial charge in [0.1, 0.15) is 0 Å². The number of hydrogen-bond acceptors (Lipinski definition) is 5. The molecule has 3 rings (SSSR count). The van der Waals surface area contributed by atoms with Gasteiger partial charge in [-0.2, -0.15) is 0 Å². The SMILES string of the molecule is CCOC(=O)/C=C/c1ccc(CC2SCC(=O)N2CCC2(O)CCCCC2)cc1. The van der Waals surface area contributed by atoms with Gasteiger partial charge in [-0.15, -0.1) is 11.8 Å². The number of ether oxygens (including phenoxy) is 1. The Morgan fingerprint density at radius 1 is 1.28 bits per heavy atom. The number of carbonyl (C=O) groups is 2. The minimum Gasteiger partial charge on any atom is -0.463 e. The van der Waals surface area contributed by atoms with Crippen LogP contribution in [-0.2, 0) is 20.7 Å². The molecule has 29 heavy (non-hydrogen) atoms. The van der Waals surface area contributed by atoms with Gasteiger partial charge in [-0.3, -0.25) is 4.79 Å². The maximum atomic E-state index is 12.4. The molecule has 0 bridgehead atoms. The lowest BCUT2D eigenvalue weighted by Gasteiger charge is -2.34. The first-order valence-electron chi connectivity index (χ1n) is 10.6. The number of benzene rings is 1. The highest BCUT2D eigenvalue weighted by molar-refractivity contribution is 8.01. The molecule has 1 N–H and O–H groups in total. The van der Waals surface area contributed by atoms with E-state index < -0.39 is 5.60 Å². The molecular formula is C23H31NO4S. The molecule has 1 aliphatic heterocycles. The average molecular weight is 418 g/mol. The van der Waals surface area contributed by atoms with E-state index in [1.807, 2.05) is 29.2 Å². The van der Waals surface area contributed by atoms with E-state index in [-0.39, 0.29) is 17.3 Å². The van der Waals surface area contributed by atoms with Crippen molar-refractivity contribution in [3.63, 3.8) is 0 Å². The van der Waals surface area contributed by atoms with Crippen molar-refractivity contribution < 1.29 is 19.4 Å². The molecule has 0 spiro atoms. The quantitative estimate of drug-likeness (QED) is 0.515. The van der Waals surface area contributed by atoms with Crippen LogP contribution in [-0.4, -0.2) is 51.8 Å². The van der Waals surface area contributed by atoms with Crippen molar-refractivity contribution in [2.45, 2.75) is 62.8 Å². The summed E-state index contributed by atoms with van der Waals surface area (Å²) in [5.74, 6) is 0.352. The standard InChI is InChI=1S/C23H31NO4S/c1-2-28-22(26)11-10-18-6-8-19(9-7-18)16-21-24(20(25)17-29-21)15-14-23(27)12-4-3-5-13-23/h6-11,21,27H,2-5,12-17H2,1H3/b11-10+. The maximum Gasteiger partial charge on any atom is 0.330 e. The van der Waals surface area contributed by atoms with Gasteiger partial charge in [0, 0.05) is 19.0 Å². The minimum atomic E-state index is -0.594. The van der Waals surface area contributed by atoms with Crippen LogP contribution in [0.3, 0.4) is 0 Å². The Balaban J connectivity index is 1.55. The van der Waals surface area contributed by atoms with E-state index in [1.54, 1.807) is 24.8 Å². The molecule has 1 saturated carbocycles. The number of hydrogen-bond donors (Lipinski definition) is 1. The van der Waals surface area contributed by atoms with Gasteiger partial charge in [-0.05, 0) is 43.4 Å². The van der Waals surface area contributed by atoms with Crippen LogP contribution in [0.5, 0.6) is 0 Å². The summed E-state index contributed by atoms with van der Waals surface area (Å²) in [6.07, 6.45) is 9.72. The molecule has 1 aromatic rings. The molecule has 1 saturated heterocycles. The van der Waals surface area contributed by atoms with Gasteiger partial charge < -0.3 is 14.7 Å². The zero-order valence-electron chi connectivity index (χ0n) is 17.1. The van der Waals surface area contributed by atoms with E-state index >= 15 is 0 Å². The predicted molar refractivity (Wildman–Crippen MR) is 116 cm³/mol. The molecule has 2 aliphatic rings. The Labute approximate surface area is 177 Å². The van der Waals surface area contributed by atoms with Crippen molar-refractivity contribution in [1.29, 1.82) is 0 Å². The van der Waals surface area contributed by atoms with Crippen LogP contribution in [0.4, 0.5) is 0 Å². The van der Waals surface area contributed by atoms with Crippen molar-refractivity contribution >= 4 is 29.7 Å². The molecule has 0 aromatic heterocycles. The first-order valence-corrected chi connectivity index (χ1v) is 11.6. The lowest BCUT2D eigenvalue weighted by molar-refractivity contribution is -0.137. The second kappa shape index (κ2) is 10.3. The Bertz CT molecular complexity index is 725. The van der Waals surface area contributed by atoms with Crippen LogP contribution in [0.1, 0.15) is 56.6 Å². The molecule has 0 radical (unpaired) electrons. The van der Waals surface area contributed by atoms with Crippen molar-refractivity contribution in [2.75, 3.05) is 18.9 Å². The molecule has 1 unspecified atom stereocenters. The summed E-state index contributed by atoms with van der Waals surface area (Å²) in [5.41, 5.74) is 1.50. The second-order valence-electron chi connectivity index (χ2n) is 7.92. The van der Waals surface area contributed by atoms with Gasteiger partial charge in [0.2, 0.25) is 5.91 Å². The van der Waals surface area contributed by atoms with E-state index in [4.69, 9.17) is 4.74 Å². The molecule has 6 heteroatoms. The molecule has 1 aromatic carbocycles. The highest BCUT2D eigenvalue weighted by atomic mass is 32.2. The second-order valence-corrected chi connectivity index (χ2v) is 9.09. The van der Waals surface area contributed by atoms with Gasteiger partial charge in [-0.25, -0.2) is 4.79 Å². The lowest BCUT2D eigenvalue weighted by Crippen LogP contribution is -2.40. The molecule has 1 aliphatic carbocycles. The third-order valence-corrected chi connectivity index (χ3v) is 6.98. The van der Waals surface area contributed by atoms with Crippen LogP contribution in [0.15, 0.2) is 30.3 Å². The summed E-state index contributed by atoms with van der Waals surface area (Å²) in [6, 6.07) is 8.03. The first kappa shape index (κ1) is 21.9. The summed E-state index contributed by atoms with van der Waals surface area (Å²) < 4.78 is 4.89. The highest BCUT2D eigenvalue weighted by Crippen LogP contribution is 2.34. The first-order chi connectivity index (χ1) is 14.0. The molecule has 158 valence electrons. The number of rotatable bonds is 8. The minimum absolute atomic E-state index is 0.121. The van der Waals surface area contributed by atoms with E-state index in [1.165, 1.54) is 12.5 Å². The van der Waals surface area contributed by atoms with Crippen LogP contribution < -0.4 is 0 Å². The molecule has 1 heterocycles. The van der Waals surface area contributed by atoms with E-state index in [0.29, 0.717) is 25.3 Å². The fourth-order valence-corrected chi connectivity index (χ4v) is 5.26. The fourth-order valence-electron chi connectivity index (χ4n) is 4.05. The summed E-state index contributed by atoms with van der Waals surface area (Å²) in [4.78, 5) is 25.7. The van der Waals surface area contributed by atoms with Crippen LogP contribution in [0.2, 0.25) is 0 Å². The van der Waals surface area contributed by atoms with Gasteiger partial charge in [0.15, 0.2) is 0 Å². The lowest BCUT2D eigenvalue weighted by atomic mass is 9.82. The predicted octanol–water partition coefficient (Wildman–Crippen LogP) is 3.79. The van der Waals surface area contributed by atoms with Crippen LogP contribution in [0, 0.1) is 0 Å².